The van der Waals surface area contributed by atoms with E-state index in [4.69, 9.17) is 11.0 Å². The summed E-state index contributed by atoms with van der Waals surface area (Å²) in [6.45, 7) is 1.88. The molecule has 1 atom stereocenters. The van der Waals surface area contributed by atoms with E-state index in [-0.39, 0.29) is 0 Å². The first-order valence-electron chi connectivity index (χ1n) is 5.52. The fourth-order valence-corrected chi connectivity index (χ4v) is 1.78. The molecule has 2 rings (SSSR count). The molecule has 3 N–H and O–H groups in total. The number of nitriles is 1. The van der Waals surface area contributed by atoms with Gasteiger partial charge in [-0.05, 0) is 36.2 Å². The van der Waals surface area contributed by atoms with Gasteiger partial charge in [-0.2, -0.15) is 5.26 Å². The first kappa shape index (κ1) is 12.1. The summed E-state index contributed by atoms with van der Waals surface area (Å²) in [4.78, 5) is 4.02. The molecular formula is C14H13N3O. The highest BCUT2D eigenvalue weighted by Crippen LogP contribution is 2.26. The number of hydrogen-bond acceptors (Lipinski definition) is 4. The summed E-state index contributed by atoms with van der Waals surface area (Å²) in [5.41, 5.74) is 8.39. The number of nitrogens with two attached hydrogens (primary N) is 1. The molecule has 0 aliphatic carbocycles. The van der Waals surface area contributed by atoms with Gasteiger partial charge in [0.25, 0.3) is 0 Å². The quantitative estimate of drug-likeness (QED) is 0.838. The molecule has 0 radical (unpaired) electrons. The number of aliphatic hydroxyl groups excluding tert-OH is 1. The molecule has 1 aromatic carbocycles. The molecule has 0 bridgehead atoms. The van der Waals surface area contributed by atoms with Crippen LogP contribution in [0, 0.1) is 18.3 Å². The van der Waals surface area contributed by atoms with E-state index in [2.05, 4.69) is 4.98 Å². The summed E-state index contributed by atoms with van der Waals surface area (Å²) in [5, 5.41) is 19.1. The third-order valence-corrected chi connectivity index (χ3v) is 2.71. The summed E-state index contributed by atoms with van der Waals surface area (Å²) in [6, 6.07) is 10.7. The van der Waals surface area contributed by atoms with Crippen LogP contribution in [0.1, 0.15) is 28.4 Å². The average Bonchev–Trinajstić information content (AvgIpc) is 2.41. The zero-order chi connectivity index (χ0) is 13.1. The monoisotopic (exact) mass is 239 g/mol. The molecule has 0 saturated heterocycles. The molecule has 0 saturated carbocycles. The van der Waals surface area contributed by atoms with Crippen LogP contribution in [0.4, 0.5) is 5.82 Å². The Hall–Kier alpha value is -2.38. The Labute approximate surface area is 105 Å². The zero-order valence-corrected chi connectivity index (χ0v) is 9.96. The van der Waals surface area contributed by atoms with E-state index in [1.54, 1.807) is 36.5 Å². The summed E-state index contributed by atoms with van der Waals surface area (Å²) in [6.07, 6.45) is 0.780. The molecule has 0 aliphatic heterocycles. The Bertz CT molecular complexity index is 617. The molecule has 1 unspecified atom stereocenters. The van der Waals surface area contributed by atoms with Crippen LogP contribution in [0.15, 0.2) is 36.5 Å². The first-order chi connectivity index (χ1) is 8.61. The molecule has 90 valence electrons. The van der Waals surface area contributed by atoms with Gasteiger partial charge in [-0.25, -0.2) is 4.98 Å². The van der Waals surface area contributed by atoms with E-state index in [0.29, 0.717) is 22.5 Å². The number of anilines is 1. The third kappa shape index (κ3) is 2.31. The molecule has 0 amide bonds. The predicted molar refractivity (Wildman–Crippen MR) is 68.6 cm³/mol. The predicted octanol–water partition coefficient (Wildman–Crippen LogP) is 1.93. The maximum Gasteiger partial charge on any atom is 0.129 e. The van der Waals surface area contributed by atoms with Gasteiger partial charge in [-0.3, -0.25) is 0 Å². The summed E-state index contributed by atoms with van der Waals surface area (Å²) in [7, 11) is 0. The zero-order valence-electron chi connectivity index (χ0n) is 9.96. The van der Waals surface area contributed by atoms with Crippen molar-refractivity contribution in [3.8, 4) is 6.07 Å². The average molecular weight is 239 g/mol. The summed E-state index contributed by atoms with van der Waals surface area (Å²) < 4.78 is 0. The Morgan fingerprint density at radius 1 is 1.39 bits per heavy atom. The van der Waals surface area contributed by atoms with Gasteiger partial charge >= 0.3 is 0 Å². The van der Waals surface area contributed by atoms with Crippen molar-refractivity contribution in [2.45, 2.75) is 13.0 Å². The number of aliphatic hydroxyl groups is 1. The van der Waals surface area contributed by atoms with E-state index in [9.17, 15) is 5.11 Å². The SMILES string of the molecule is Cc1cnc(N)c(C(O)c2cccc(C#N)c2)c1. The Kier molecular flexibility index (Phi) is 3.26. The highest BCUT2D eigenvalue weighted by Gasteiger charge is 2.14. The highest BCUT2D eigenvalue weighted by atomic mass is 16.3. The van der Waals surface area contributed by atoms with Crippen LogP contribution in [0.5, 0.6) is 0 Å². The second-order valence-electron chi connectivity index (χ2n) is 4.13. The lowest BCUT2D eigenvalue weighted by Gasteiger charge is -2.14. The maximum absolute atomic E-state index is 10.3. The minimum absolute atomic E-state index is 0.301. The van der Waals surface area contributed by atoms with E-state index in [0.717, 1.165) is 5.56 Å². The molecular weight excluding hydrogens is 226 g/mol. The van der Waals surface area contributed by atoms with Crippen molar-refractivity contribution in [1.29, 1.82) is 5.26 Å². The van der Waals surface area contributed by atoms with Crippen LogP contribution < -0.4 is 5.73 Å². The number of hydrogen-bond donors (Lipinski definition) is 2. The van der Waals surface area contributed by atoms with Gasteiger partial charge in [0.1, 0.15) is 11.9 Å². The van der Waals surface area contributed by atoms with Crippen molar-refractivity contribution in [3.05, 3.63) is 58.8 Å². The number of nitrogen functional groups attached to an aromatic ring is 1. The minimum atomic E-state index is -0.870. The van der Waals surface area contributed by atoms with Crippen LogP contribution in [-0.4, -0.2) is 10.1 Å². The molecule has 4 nitrogen and oxygen atoms in total. The van der Waals surface area contributed by atoms with Crippen molar-refractivity contribution < 1.29 is 5.11 Å². The lowest BCUT2D eigenvalue weighted by atomic mass is 9.99. The van der Waals surface area contributed by atoms with Crippen LogP contribution in [-0.2, 0) is 0 Å². The number of pyridine rings is 1. The summed E-state index contributed by atoms with van der Waals surface area (Å²) in [5.74, 6) is 0.301. The van der Waals surface area contributed by atoms with Gasteiger partial charge < -0.3 is 10.8 Å². The fourth-order valence-electron chi connectivity index (χ4n) is 1.78. The van der Waals surface area contributed by atoms with Crippen molar-refractivity contribution in [2.24, 2.45) is 0 Å². The van der Waals surface area contributed by atoms with Crippen LogP contribution >= 0.6 is 0 Å². The molecule has 2 aromatic rings. The van der Waals surface area contributed by atoms with E-state index in [1.807, 2.05) is 13.0 Å². The summed E-state index contributed by atoms with van der Waals surface area (Å²) >= 11 is 0. The lowest BCUT2D eigenvalue weighted by molar-refractivity contribution is 0.220. The largest absolute Gasteiger partial charge is 0.384 e. The van der Waals surface area contributed by atoms with E-state index < -0.39 is 6.10 Å². The van der Waals surface area contributed by atoms with Crippen molar-refractivity contribution in [2.75, 3.05) is 5.73 Å². The second-order valence-corrected chi connectivity index (χ2v) is 4.13. The molecule has 0 aliphatic rings. The third-order valence-electron chi connectivity index (χ3n) is 2.71. The standard InChI is InChI=1S/C14H13N3O/c1-9-5-12(14(16)17-8-9)13(18)11-4-2-3-10(6-11)7-15/h2-6,8,13,18H,1H3,(H2,16,17). The smallest absolute Gasteiger partial charge is 0.129 e. The Balaban J connectivity index is 2.44. The van der Waals surface area contributed by atoms with E-state index >= 15 is 0 Å². The number of aryl methyl sites for hydroxylation is 1. The fraction of sp³-hybridized carbons (Fsp3) is 0.143. The number of rotatable bonds is 2. The number of benzene rings is 1. The Morgan fingerprint density at radius 3 is 2.89 bits per heavy atom. The van der Waals surface area contributed by atoms with Crippen LogP contribution in [0.25, 0.3) is 0 Å². The molecule has 1 aromatic heterocycles. The van der Waals surface area contributed by atoms with Crippen molar-refractivity contribution in [3.63, 3.8) is 0 Å². The molecule has 0 fully saturated rings. The maximum atomic E-state index is 10.3. The Morgan fingerprint density at radius 2 is 2.17 bits per heavy atom. The van der Waals surface area contributed by atoms with Gasteiger partial charge in [-0.15, -0.1) is 0 Å². The highest BCUT2D eigenvalue weighted by molar-refractivity contribution is 5.47. The lowest BCUT2D eigenvalue weighted by Crippen LogP contribution is -2.06. The van der Waals surface area contributed by atoms with Gasteiger partial charge in [-0.1, -0.05) is 12.1 Å². The first-order valence-corrected chi connectivity index (χ1v) is 5.52. The van der Waals surface area contributed by atoms with Crippen LogP contribution in [0.3, 0.4) is 0 Å². The van der Waals surface area contributed by atoms with E-state index in [1.165, 1.54) is 0 Å². The molecule has 0 spiro atoms. The van der Waals surface area contributed by atoms with Gasteiger partial charge in [0.15, 0.2) is 0 Å². The molecule has 1 heterocycles. The van der Waals surface area contributed by atoms with Crippen LogP contribution in [0.2, 0.25) is 0 Å². The van der Waals surface area contributed by atoms with Gasteiger partial charge in [0, 0.05) is 11.8 Å². The number of nitrogens with zero attached hydrogens (tertiary/aromatic N) is 2. The second kappa shape index (κ2) is 4.86. The molecule has 4 heteroatoms. The number of aromatic nitrogens is 1. The van der Waals surface area contributed by atoms with Gasteiger partial charge in [0.05, 0.1) is 11.6 Å². The minimum Gasteiger partial charge on any atom is -0.384 e. The van der Waals surface area contributed by atoms with Crippen molar-refractivity contribution >= 4 is 5.82 Å². The molecule has 18 heavy (non-hydrogen) atoms. The van der Waals surface area contributed by atoms with Crippen molar-refractivity contribution in [1.82, 2.24) is 4.98 Å². The normalized spacial score (nSPS) is 11.8. The topological polar surface area (TPSA) is 82.9 Å². The van der Waals surface area contributed by atoms with Gasteiger partial charge in [0.2, 0.25) is 0 Å².